The molecule has 0 saturated carbocycles. The summed E-state index contributed by atoms with van der Waals surface area (Å²) < 4.78 is 11.3. The summed E-state index contributed by atoms with van der Waals surface area (Å²) in [6.45, 7) is 0. The number of hydrogen-bond donors (Lipinski definition) is 0. The number of nitriles is 1. The number of rotatable bonds is 6. The topological polar surface area (TPSA) is 59.3 Å². The summed E-state index contributed by atoms with van der Waals surface area (Å²) in [5.74, 6) is 0.526. The van der Waals surface area contributed by atoms with Crippen LogP contribution < -0.4 is 9.47 Å². The van der Waals surface area contributed by atoms with Gasteiger partial charge in [0.2, 0.25) is 0 Å². The van der Waals surface area contributed by atoms with E-state index in [9.17, 15) is 10.1 Å². The van der Waals surface area contributed by atoms with Gasteiger partial charge in [-0.05, 0) is 29.8 Å². The van der Waals surface area contributed by atoms with E-state index in [2.05, 4.69) is 22.0 Å². The molecule has 2 rings (SSSR count). The normalized spacial score (nSPS) is 11.4. The standard InChI is InChI=1S/C18H16BrNO3/c1-22-17-8-5-13(10-18(17)23-2)14(11-20)9-16(21)12-3-6-15(19)7-4-12/h3-8,10,14H,9H2,1-2H3. The van der Waals surface area contributed by atoms with E-state index in [4.69, 9.17) is 9.47 Å². The Kier molecular flexibility index (Phi) is 5.78. The van der Waals surface area contributed by atoms with Crippen LogP contribution in [0.25, 0.3) is 0 Å². The number of carbonyl (C=O) groups is 1. The number of ketones is 1. The molecule has 0 aliphatic carbocycles. The van der Waals surface area contributed by atoms with Crippen LogP contribution in [0.1, 0.15) is 28.3 Å². The Hall–Kier alpha value is -2.32. The fourth-order valence-electron chi connectivity index (χ4n) is 2.25. The van der Waals surface area contributed by atoms with E-state index >= 15 is 0 Å². The fourth-order valence-corrected chi connectivity index (χ4v) is 2.51. The van der Waals surface area contributed by atoms with E-state index < -0.39 is 5.92 Å². The summed E-state index contributed by atoms with van der Waals surface area (Å²) in [6.07, 6.45) is 0.119. The number of benzene rings is 2. The first-order valence-corrected chi connectivity index (χ1v) is 7.78. The molecule has 0 saturated heterocycles. The lowest BCUT2D eigenvalue weighted by Gasteiger charge is -2.13. The minimum atomic E-state index is -0.536. The Morgan fingerprint density at radius 1 is 1.13 bits per heavy atom. The molecule has 0 bridgehead atoms. The van der Waals surface area contributed by atoms with E-state index in [0.717, 1.165) is 10.0 Å². The zero-order valence-electron chi connectivity index (χ0n) is 12.9. The van der Waals surface area contributed by atoms with E-state index in [-0.39, 0.29) is 12.2 Å². The minimum absolute atomic E-state index is 0.0705. The van der Waals surface area contributed by atoms with Gasteiger partial charge < -0.3 is 9.47 Å². The monoisotopic (exact) mass is 373 g/mol. The highest BCUT2D eigenvalue weighted by molar-refractivity contribution is 9.10. The molecule has 0 heterocycles. The molecule has 2 aromatic carbocycles. The summed E-state index contributed by atoms with van der Waals surface area (Å²) >= 11 is 3.34. The third-order valence-corrected chi connectivity index (χ3v) is 4.05. The average molecular weight is 374 g/mol. The van der Waals surface area contributed by atoms with E-state index in [0.29, 0.717) is 17.1 Å². The molecule has 0 aromatic heterocycles. The second kappa shape index (κ2) is 7.80. The lowest BCUT2D eigenvalue weighted by atomic mass is 9.92. The minimum Gasteiger partial charge on any atom is -0.493 e. The largest absolute Gasteiger partial charge is 0.493 e. The van der Waals surface area contributed by atoms with Crippen LogP contribution in [0.2, 0.25) is 0 Å². The Morgan fingerprint density at radius 3 is 2.35 bits per heavy atom. The first-order valence-electron chi connectivity index (χ1n) is 6.99. The highest BCUT2D eigenvalue weighted by atomic mass is 79.9. The predicted octanol–water partition coefficient (Wildman–Crippen LogP) is 4.35. The lowest BCUT2D eigenvalue weighted by molar-refractivity contribution is 0.0979. The molecule has 23 heavy (non-hydrogen) atoms. The van der Waals surface area contributed by atoms with Crippen molar-refractivity contribution < 1.29 is 14.3 Å². The fraction of sp³-hybridized carbons (Fsp3) is 0.222. The summed E-state index contributed by atoms with van der Waals surface area (Å²) in [4.78, 5) is 12.4. The van der Waals surface area contributed by atoms with Crippen molar-refractivity contribution in [3.63, 3.8) is 0 Å². The van der Waals surface area contributed by atoms with Crippen LogP contribution in [0.4, 0.5) is 0 Å². The van der Waals surface area contributed by atoms with Crippen LogP contribution in [0.5, 0.6) is 11.5 Å². The molecule has 2 aromatic rings. The van der Waals surface area contributed by atoms with Gasteiger partial charge in [-0.2, -0.15) is 5.26 Å². The number of halogens is 1. The molecule has 0 spiro atoms. The van der Waals surface area contributed by atoms with Crippen molar-refractivity contribution in [2.24, 2.45) is 0 Å². The van der Waals surface area contributed by atoms with Crippen LogP contribution in [0.3, 0.4) is 0 Å². The van der Waals surface area contributed by atoms with Gasteiger partial charge in [0.1, 0.15) is 0 Å². The zero-order valence-corrected chi connectivity index (χ0v) is 14.5. The SMILES string of the molecule is COc1ccc(C(C#N)CC(=O)c2ccc(Br)cc2)cc1OC. The second-order valence-electron chi connectivity index (χ2n) is 4.93. The molecule has 0 N–H and O–H groups in total. The molecule has 0 radical (unpaired) electrons. The Morgan fingerprint density at radius 2 is 1.78 bits per heavy atom. The quantitative estimate of drug-likeness (QED) is 0.706. The molecule has 5 heteroatoms. The van der Waals surface area contributed by atoms with Crippen LogP contribution in [-0.4, -0.2) is 20.0 Å². The van der Waals surface area contributed by atoms with Crippen LogP contribution >= 0.6 is 15.9 Å². The molecule has 0 amide bonds. The molecular formula is C18H16BrNO3. The van der Waals surface area contributed by atoms with Gasteiger partial charge in [-0.15, -0.1) is 0 Å². The van der Waals surface area contributed by atoms with Crippen LogP contribution in [-0.2, 0) is 0 Å². The van der Waals surface area contributed by atoms with Gasteiger partial charge in [0.25, 0.3) is 0 Å². The predicted molar refractivity (Wildman–Crippen MR) is 91.0 cm³/mol. The van der Waals surface area contributed by atoms with Crippen molar-refractivity contribution in [3.8, 4) is 17.6 Å². The van der Waals surface area contributed by atoms with Crippen molar-refractivity contribution in [1.29, 1.82) is 5.26 Å². The first-order chi connectivity index (χ1) is 11.1. The molecule has 0 aliphatic heterocycles. The lowest BCUT2D eigenvalue weighted by Crippen LogP contribution is -2.06. The third kappa shape index (κ3) is 4.11. The number of hydrogen-bond acceptors (Lipinski definition) is 4. The maximum absolute atomic E-state index is 12.4. The Bertz CT molecular complexity index is 735. The van der Waals surface area contributed by atoms with Gasteiger partial charge in [0.15, 0.2) is 17.3 Å². The number of Topliss-reactive ketones (excluding diaryl/α,β-unsaturated/α-hetero) is 1. The van der Waals surface area contributed by atoms with Crippen LogP contribution in [0.15, 0.2) is 46.9 Å². The van der Waals surface area contributed by atoms with Gasteiger partial charge in [-0.1, -0.05) is 34.1 Å². The molecule has 118 valence electrons. The van der Waals surface area contributed by atoms with Gasteiger partial charge in [-0.3, -0.25) is 4.79 Å². The molecule has 4 nitrogen and oxygen atoms in total. The smallest absolute Gasteiger partial charge is 0.164 e. The van der Waals surface area contributed by atoms with Gasteiger partial charge in [0, 0.05) is 16.5 Å². The number of carbonyl (C=O) groups excluding carboxylic acids is 1. The second-order valence-corrected chi connectivity index (χ2v) is 5.85. The number of nitrogens with zero attached hydrogens (tertiary/aromatic N) is 1. The average Bonchev–Trinajstić information content (AvgIpc) is 2.59. The van der Waals surface area contributed by atoms with E-state index in [1.807, 2.05) is 12.1 Å². The van der Waals surface area contributed by atoms with Gasteiger partial charge in [-0.25, -0.2) is 0 Å². The summed E-state index contributed by atoms with van der Waals surface area (Å²) in [7, 11) is 3.09. The molecular weight excluding hydrogens is 358 g/mol. The molecule has 0 aliphatic rings. The number of methoxy groups -OCH3 is 2. The van der Waals surface area contributed by atoms with Crippen molar-refractivity contribution in [2.75, 3.05) is 14.2 Å². The Balaban J connectivity index is 2.21. The van der Waals surface area contributed by atoms with E-state index in [1.165, 1.54) is 7.11 Å². The molecule has 1 atom stereocenters. The maximum Gasteiger partial charge on any atom is 0.164 e. The highest BCUT2D eigenvalue weighted by Gasteiger charge is 2.18. The molecule has 1 unspecified atom stereocenters. The maximum atomic E-state index is 12.4. The molecule has 0 fully saturated rings. The van der Waals surface area contributed by atoms with Crippen molar-refractivity contribution in [3.05, 3.63) is 58.1 Å². The van der Waals surface area contributed by atoms with Crippen LogP contribution in [0, 0.1) is 11.3 Å². The van der Waals surface area contributed by atoms with Crippen molar-refractivity contribution in [1.82, 2.24) is 0 Å². The van der Waals surface area contributed by atoms with Gasteiger partial charge >= 0.3 is 0 Å². The zero-order chi connectivity index (χ0) is 16.8. The Labute approximate surface area is 143 Å². The summed E-state index contributed by atoms with van der Waals surface area (Å²) in [5, 5.41) is 9.43. The van der Waals surface area contributed by atoms with E-state index in [1.54, 1.807) is 37.4 Å². The third-order valence-electron chi connectivity index (χ3n) is 3.52. The highest BCUT2D eigenvalue weighted by Crippen LogP contribution is 2.32. The van der Waals surface area contributed by atoms with Crippen molar-refractivity contribution >= 4 is 21.7 Å². The first kappa shape index (κ1) is 17.0. The number of ether oxygens (including phenoxy) is 2. The van der Waals surface area contributed by atoms with Crippen molar-refractivity contribution in [2.45, 2.75) is 12.3 Å². The van der Waals surface area contributed by atoms with Gasteiger partial charge in [0.05, 0.1) is 26.2 Å². The summed E-state index contributed by atoms with van der Waals surface area (Å²) in [5.41, 5.74) is 1.32. The summed E-state index contributed by atoms with van der Waals surface area (Å²) in [6, 6.07) is 14.6.